The van der Waals surface area contributed by atoms with Crippen molar-refractivity contribution in [2.24, 2.45) is 0 Å². The van der Waals surface area contributed by atoms with Gasteiger partial charge in [-0.1, -0.05) is 29.8 Å². The van der Waals surface area contributed by atoms with Crippen molar-refractivity contribution in [3.63, 3.8) is 0 Å². The standard InChI is InChI=1S/C14H11ClN2O4/c15-10-6-4-9(5-7-10)8-16-13-11(14(18)19)2-1-3-12(13)17(20)21/h1-7,16H,8H2,(H,18,19). The highest BCUT2D eigenvalue weighted by molar-refractivity contribution is 6.30. The molecule has 7 heteroatoms. The van der Waals surface area contributed by atoms with Gasteiger partial charge >= 0.3 is 5.97 Å². The minimum atomic E-state index is -1.22. The number of nitro groups is 1. The normalized spacial score (nSPS) is 10.1. The summed E-state index contributed by atoms with van der Waals surface area (Å²) in [5.41, 5.74) is 0.404. The zero-order valence-electron chi connectivity index (χ0n) is 10.7. The van der Waals surface area contributed by atoms with Gasteiger partial charge in [0.2, 0.25) is 0 Å². The molecule has 0 bridgehead atoms. The molecule has 0 heterocycles. The van der Waals surface area contributed by atoms with Crippen molar-refractivity contribution in [2.75, 3.05) is 5.32 Å². The Morgan fingerprint density at radius 3 is 2.48 bits per heavy atom. The summed E-state index contributed by atoms with van der Waals surface area (Å²) in [4.78, 5) is 21.6. The van der Waals surface area contributed by atoms with Crippen LogP contribution in [0.25, 0.3) is 0 Å². The summed E-state index contributed by atoms with van der Waals surface area (Å²) in [6, 6.07) is 10.8. The Labute approximate surface area is 125 Å². The lowest BCUT2D eigenvalue weighted by Gasteiger charge is -2.10. The Bertz CT molecular complexity index is 654. The predicted molar refractivity (Wildman–Crippen MR) is 78.8 cm³/mol. The van der Waals surface area contributed by atoms with Crippen molar-refractivity contribution in [1.29, 1.82) is 0 Å². The molecule has 108 valence electrons. The van der Waals surface area contributed by atoms with E-state index in [2.05, 4.69) is 5.32 Å². The van der Waals surface area contributed by atoms with Crippen LogP contribution in [0.5, 0.6) is 0 Å². The molecule has 2 N–H and O–H groups in total. The first kappa shape index (κ1) is 14.8. The maximum absolute atomic E-state index is 11.2. The first-order valence-electron chi connectivity index (χ1n) is 5.98. The molecule has 2 aromatic rings. The van der Waals surface area contributed by atoms with Gasteiger partial charge in [-0.25, -0.2) is 4.79 Å². The highest BCUT2D eigenvalue weighted by atomic mass is 35.5. The first-order chi connectivity index (χ1) is 9.99. The monoisotopic (exact) mass is 306 g/mol. The summed E-state index contributed by atoms with van der Waals surface area (Å²) in [6.07, 6.45) is 0. The second-order valence-corrected chi connectivity index (χ2v) is 4.68. The zero-order valence-corrected chi connectivity index (χ0v) is 11.5. The molecular formula is C14H11ClN2O4. The minimum Gasteiger partial charge on any atom is -0.478 e. The fraction of sp³-hybridized carbons (Fsp3) is 0.0714. The number of carboxylic acid groups (broad SMARTS) is 1. The van der Waals surface area contributed by atoms with Gasteiger partial charge in [0.1, 0.15) is 5.69 Å². The number of hydrogen-bond acceptors (Lipinski definition) is 4. The van der Waals surface area contributed by atoms with Gasteiger partial charge in [-0.3, -0.25) is 10.1 Å². The highest BCUT2D eigenvalue weighted by Gasteiger charge is 2.20. The molecule has 2 aromatic carbocycles. The number of nitrogens with one attached hydrogen (secondary N) is 1. The number of hydrogen-bond donors (Lipinski definition) is 2. The van der Waals surface area contributed by atoms with Crippen molar-refractivity contribution in [3.8, 4) is 0 Å². The van der Waals surface area contributed by atoms with E-state index in [1.54, 1.807) is 24.3 Å². The van der Waals surface area contributed by atoms with Crippen LogP contribution < -0.4 is 5.32 Å². The summed E-state index contributed by atoms with van der Waals surface area (Å²) < 4.78 is 0. The smallest absolute Gasteiger partial charge is 0.338 e. The number of carbonyl (C=O) groups is 1. The number of nitrogens with zero attached hydrogens (tertiary/aromatic N) is 1. The lowest BCUT2D eigenvalue weighted by atomic mass is 10.1. The highest BCUT2D eigenvalue weighted by Crippen LogP contribution is 2.28. The molecule has 0 saturated heterocycles. The Kier molecular flexibility index (Phi) is 4.39. The topological polar surface area (TPSA) is 92.5 Å². The fourth-order valence-corrected chi connectivity index (χ4v) is 1.97. The van der Waals surface area contributed by atoms with E-state index in [0.717, 1.165) is 5.56 Å². The molecule has 0 fully saturated rings. The Morgan fingerprint density at radius 1 is 1.24 bits per heavy atom. The van der Waals surface area contributed by atoms with E-state index in [1.807, 2.05) is 0 Å². The number of rotatable bonds is 5. The second kappa shape index (κ2) is 6.23. The van der Waals surface area contributed by atoms with Crippen LogP contribution in [0, 0.1) is 10.1 Å². The number of para-hydroxylation sites is 1. The van der Waals surface area contributed by atoms with Crippen molar-refractivity contribution in [2.45, 2.75) is 6.54 Å². The number of benzene rings is 2. The number of aromatic carboxylic acids is 1. The predicted octanol–water partition coefficient (Wildman–Crippen LogP) is 3.56. The SMILES string of the molecule is O=C(O)c1cccc([N+](=O)[O-])c1NCc1ccc(Cl)cc1. The quantitative estimate of drug-likeness (QED) is 0.651. The van der Waals surface area contributed by atoms with Crippen LogP contribution in [-0.4, -0.2) is 16.0 Å². The molecule has 2 rings (SSSR count). The van der Waals surface area contributed by atoms with Gasteiger partial charge in [-0.05, 0) is 23.8 Å². The van der Waals surface area contributed by atoms with E-state index < -0.39 is 10.9 Å². The van der Waals surface area contributed by atoms with E-state index >= 15 is 0 Å². The number of nitro benzene ring substituents is 1. The zero-order chi connectivity index (χ0) is 15.4. The maximum Gasteiger partial charge on any atom is 0.338 e. The van der Waals surface area contributed by atoms with Crippen molar-refractivity contribution >= 4 is 28.9 Å². The lowest BCUT2D eigenvalue weighted by molar-refractivity contribution is -0.384. The van der Waals surface area contributed by atoms with Crippen molar-refractivity contribution in [3.05, 3.63) is 68.7 Å². The largest absolute Gasteiger partial charge is 0.478 e. The van der Waals surface area contributed by atoms with Gasteiger partial charge in [0.15, 0.2) is 0 Å². The van der Waals surface area contributed by atoms with Crippen LogP contribution in [-0.2, 0) is 6.54 Å². The van der Waals surface area contributed by atoms with Crippen LogP contribution in [0.4, 0.5) is 11.4 Å². The van der Waals surface area contributed by atoms with Gasteiger partial charge < -0.3 is 10.4 Å². The van der Waals surface area contributed by atoms with Gasteiger partial charge in [0.25, 0.3) is 5.69 Å². The number of carboxylic acids is 1. The minimum absolute atomic E-state index is 0.00931. The van der Waals surface area contributed by atoms with Crippen molar-refractivity contribution < 1.29 is 14.8 Å². The van der Waals surface area contributed by atoms with E-state index in [0.29, 0.717) is 5.02 Å². The molecule has 0 unspecified atom stereocenters. The molecule has 0 radical (unpaired) electrons. The number of halogens is 1. The van der Waals surface area contributed by atoms with E-state index in [4.69, 9.17) is 16.7 Å². The molecule has 0 aromatic heterocycles. The van der Waals surface area contributed by atoms with Crippen LogP contribution in [0.15, 0.2) is 42.5 Å². The average Bonchev–Trinajstić information content (AvgIpc) is 2.46. The molecular weight excluding hydrogens is 296 g/mol. The summed E-state index contributed by atoms with van der Waals surface area (Å²) in [5.74, 6) is -1.22. The molecule has 21 heavy (non-hydrogen) atoms. The van der Waals surface area contributed by atoms with Crippen LogP contribution in [0.1, 0.15) is 15.9 Å². The average molecular weight is 307 g/mol. The Hall–Kier alpha value is -2.60. The van der Waals surface area contributed by atoms with Crippen LogP contribution in [0.3, 0.4) is 0 Å². The van der Waals surface area contributed by atoms with Gasteiger partial charge in [-0.15, -0.1) is 0 Å². The second-order valence-electron chi connectivity index (χ2n) is 4.24. The maximum atomic E-state index is 11.2. The fourth-order valence-electron chi connectivity index (χ4n) is 1.85. The third kappa shape index (κ3) is 3.49. The van der Waals surface area contributed by atoms with E-state index in [-0.39, 0.29) is 23.5 Å². The molecule has 0 atom stereocenters. The summed E-state index contributed by atoms with van der Waals surface area (Å²) in [5, 5.41) is 23.5. The first-order valence-corrected chi connectivity index (χ1v) is 6.36. The lowest BCUT2D eigenvalue weighted by Crippen LogP contribution is -2.09. The third-order valence-corrected chi connectivity index (χ3v) is 3.10. The summed E-state index contributed by atoms with van der Waals surface area (Å²) in [6.45, 7) is 0.252. The number of anilines is 1. The van der Waals surface area contributed by atoms with Crippen LogP contribution >= 0.6 is 11.6 Å². The summed E-state index contributed by atoms with van der Waals surface area (Å²) >= 11 is 5.77. The van der Waals surface area contributed by atoms with Crippen molar-refractivity contribution in [1.82, 2.24) is 0 Å². The molecule has 0 saturated carbocycles. The summed E-state index contributed by atoms with van der Waals surface area (Å²) in [7, 11) is 0. The molecule has 0 aliphatic carbocycles. The van der Waals surface area contributed by atoms with Crippen LogP contribution in [0.2, 0.25) is 5.02 Å². The van der Waals surface area contributed by atoms with Gasteiger partial charge in [-0.2, -0.15) is 0 Å². The molecule has 0 aliphatic rings. The van der Waals surface area contributed by atoms with Gasteiger partial charge in [0, 0.05) is 17.6 Å². The van der Waals surface area contributed by atoms with E-state index in [9.17, 15) is 14.9 Å². The van der Waals surface area contributed by atoms with E-state index in [1.165, 1.54) is 18.2 Å². The molecule has 0 spiro atoms. The van der Waals surface area contributed by atoms with Gasteiger partial charge in [0.05, 0.1) is 10.5 Å². The molecule has 0 aliphatic heterocycles. The Morgan fingerprint density at radius 2 is 1.90 bits per heavy atom. The third-order valence-electron chi connectivity index (χ3n) is 2.85. The molecule has 6 nitrogen and oxygen atoms in total. The Balaban J connectivity index is 2.31. The molecule has 0 amide bonds.